The molecule has 104 valence electrons. The lowest BCUT2D eigenvalue weighted by Gasteiger charge is -2.08. The Bertz CT molecular complexity index is 587. The van der Waals surface area contributed by atoms with Crippen molar-refractivity contribution >= 4 is 23.3 Å². The quantitative estimate of drug-likeness (QED) is 0.883. The van der Waals surface area contributed by atoms with E-state index in [2.05, 4.69) is 10.6 Å². The van der Waals surface area contributed by atoms with E-state index in [-0.39, 0.29) is 11.8 Å². The van der Waals surface area contributed by atoms with E-state index in [1.807, 2.05) is 0 Å². The molecule has 0 aromatic heterocycles. The first kappa shape index (κ1) is 14.3. The second-order valence-electron chi connectivity index (χ2n) is 4.23. The van der Waals surface area contributed by atoms with Crippen molar-refractivity contribution in [2.24, 2.45) is 0 Å². The number of hydrogen-bond donors (Lipinski definition) is 2. The average Bonchev–Trinajstić information content (AvgIpc) is 2.43. The van der Waals surface area contributed by atoms with E-state index in [4.69, 9.17) is 11.6 Å². The number of amides is 2. The molecule has 2 aromatic rings. The third kappa shape index (κ3) is 4.24. The van der Waals surface area contributed by atoms with Gasteiger partial charge in [-0.2, -0.15) is 0 Å². The minimum Gasteiger partial charge on any atom is -0.338 e. The summed E-state index contributed by atoms with van der Waals surface area (Å²) in [6.07, 6.45) is 0.445. The fourth-order valence-electron chi connectivity index (χ4n) is 1.72. The van der Waals surface area contributed by atoms with Gasteiger partial charge in [0.1, 0.15) is 5.82 Å². The molecule has 2 rings (SSSR count). The molecule has 0 fully saturated rings. The van der Waals surface area contributed by atoms with E-state index >= 15 is 0 Å². The third-order valence-corrected chi connectivity index (χ3v) is 2.99. The zero-order chi connectivity index (χ0) is 14.4. The maximum absolute atomic E-state index is 13.4. The van der Waals surface area contributed by atoms with Crippen LogP contribution in [0.2, 0.25) is 5.02 Å². The van der Waals surface area contributed by atoms with Gasteiger partial charge < -0.3 is 10.6 Å². The van der Waals surface area contributed by atoms with Gasteiger partial charge in [0, 0.05) is 17.3 Å². The standard InChI is InChI=1S/C15H14ClFN2O/c16-12-5-7-13(8-6-12)19-15(20)18-10-9-11-3-1-2-4-14(11)17/h1-8H,9-10H2,(H2,18,19,20). The highest BCUT2D eigenvalue weighted by atomic mass is 35.5. The molecule has 0 spiro atoms. The van der Waals surface area contributed by atoms with Crippen LogP contribution in [-0.4, -0.2) is 12.6 Å². The smallest absolute Gasteiger partial charge is 0.319 e. The summed E-state index contributed by atoms with van der Waals surface area (Å²) >= 11 is 5.75. The van der Waals surface area contributed by atoms with Crippen LogP contribution in [0.3, 0.4) is 0 Å². The van der Waals surface area contributed by atoms with Gasteiger partial charge in [0.2, 0.25) is 0 Å². The monoisotopic (exact) mass is 292 g/mol. The molecule has 0 bridgehead atoms. The lowest BCUT2D eigenvalue weighted by atomic mass is 10.1. The van der Waals surface area contributed by atoms with Crippen LogP contribution < -0.4 is 10.6 Å². The fourth-order valence-corrected chi connectivity index (χ4v) is 1.85. The van der Waals surface area contributed by atoms with Crippen molar-refractivity contribution in [2.45, 2.75) is 6.42 Å². The SMILES string of the molecule is O=C(NCCc1ccccc1F)Nc1ccc(Cl)cc1. The van der Waals surface area contributed by atoms with Crippen LogP contribution >= 0.6 is 11.6 Å². The molecule has 0 heterocycles. The van der Waals surface area contributed by atoms with Crippen LogP contribution in [-0.2, 0) is 6.42 Å². The highest BCUT2D eigenvalue weighted by Crippen LogP contribution is 2.13. The minimum absolute atomic E-state index is 0.257. The lowest BCUT2D eigenvalue weighted by Crippen LogP contribution is -2.30. The van der Waals surface area contributed by atoms with Gasteiger partial charge in [0.05, 0.1) is 0 Å². The molecule has 0 radical (unpaired) electrons. The summed E-state index contributed by atoms with van der Waals surface area (Å²) in [5.74, 6) is -0.257. The summed E-state index contributed by atoms with van der Waals surface area (Å²) in [5, 5.41) is 5.95. The van der Waals surface area contributed by atoms with Gasteiger partial charge in [-0.1, -0.05) is 29.8 Å². The molecule has 2 aromatic carbocycles. The van der Waals surface area contributed by atoms with Gasteiger partial charge in [-0.25, -0.2) is 9.18 Å². The highest BCUT2D eigenvalue weighted by Gasteiger charge is 2.03. The Kier molecular flexibility index (Phi) is 4.96. The first-order valence-corrected chi connectivity index (χ1v) is 6.57. The number of nitrogens with one attached hydrogen (secondary N) is 2. The van der Waals surface area contributed by atoms with E-state index in [1.54, 1.807) is 42.5 Å². The summed E-state index contributed by atoms with van der Waals surface area (Å²) in [6, 6.07) is 13.0. The van der Waals surface area contributed by atoms with E-state index in [0.29, 0.717) is 29.2 Å². The van der Waals surface area contributed by atoms with Gasteiger partial charge in [-0.05, 0) is 42.3 Å². The molecular formula is C15H14ClFN2O. The fraction of sp³-hybridized carbons (Fsp3) is 0.133. The maximum Gasteiger partial charge on any atom is 0.319 e. The Morgan fingerprint density at radius 1 is 1.10 bits per heavy atom. The first-order chi connectivity index (χ1) is 9.65. The largest absolute Gasteiger partial charge is 0.338 e. The molecule has 0 saturated carbocycles. The van der Waals surface area contributed by atoms with Crippen molar-refractivity contribution in [3.8, 4) is 0 Å². The zero-order valence-corrected chi connectivity index (χ0v) is 11.5. The van der Waals surface area contributed by atoms with Crippen LogP contribution in [0.4, 0.5) is 14.9 Å². The summed E-state index contributed by atoms with van der Waals surface area (Å²) < 4.78 is 13.4. The number of carbonyl (C=O) groups is 1. The molecule has 0 atom stereocenters. The van der Waals surface area contributed by atoms with Crippen molar-refractivity contribution < 1.29 is 9.18 Å². The molecule has 3 nitrogen and oxygen atoms in total. The molecule has 2 amide bonds. The Hall–Kier alpha value is -2.07. The second-order valence-corrected chi connectivity index (χ2v) is 4.67. The number of hydrogen-bond acceptors (Lipinski definition) is 1. The molecule has 2 N–H and O–H groups in total. The van der Waals surface area contributed by atoms with Gasteiger partial charge in [-0.3, -0.25) is 0 Å². The van der Waals surface area contributed by atoms with E-state index < -0.39 is 0 Å². The van der Waals surface area contributed by atoms with Crippen LogP contribution in [0.25, 0.3) is 0 Å². The highest BCUT2D eigenvalue weighted by molar-refractivity contribution is 6.30. The van der Waals surface area contributed by atoms with Crippen molar-refractivity contribution in [3.63, 3.8) is 0 Å². The van der Waals surface area contributed by atoms with Crippen molar-refractivity contribution in [3.05, 3.63) is 64.9 Å². The summed E-state index contributed by atoms with van der Waals surface area (Å²) in [5.41, 5.74) is 1.23. The molecular weight excluding hydrogens is 279 g/mol. The van der Waals surface area contributed by atoms with E-state index in [1.165, 1.54) is 6.07 Å². The molecule has 0 saturated heterocycles. The predicted molar refractivity (Wildman–Crippen MR) is 78.6 cm³/mol. The molecule has 20 heavy (non-hydrogen) atoms. The van der Waals surface area contributed by atoms with Crippen LogP contribution in [0.1, 0.15) is 5.56 Å². The average molecular weight is 293 g/mol. The Labute approximate surface area is 121 Å². The number of benzene rings is 2. The zero-order valence-electron chi connectivity index (χ0n) is 10.7. The molecule has 0 aliphatic rings. The number of rotatable bonds is 4. The van der Waals surface area contributed by atoms with E-state index in [9.17, 15) is 9.18 Å². The second kappa shape index (κ2) is 6.91. The van der Waals surface area contributed by atoms with Crippen molar-refractivity contribution in [2.75, 3.05) is 11.9 Å². The van der Waals surface area contributed by atoms with Crippen molar-refractivity contribution in [1.82, 2.24) is 5.32 Å². The molecule has 0 aliphatic heterocycles. The Balaban J connectivity index is 1.78. The van der Waals surface area contributed by atoms with Gasteiger partial charge in [0.25, 0.3) is 0 Å². The normalized spacial score (nSPS) is 10.1. The first-order valence-electron chi connectivity index (χ1n) is 6.19. The summed E-state index contributed by atoms with van der Waals surface area (Å²) in [4.78, 5) is 11.6. The Morgan fingerprint density at radius 2 is 1.80 bits per heavy atom. The minimum atomic E-state index is -0.330. The van der Waals surface area contributed by atoms with Crippen LogP contribution in [0.15, 0.2) is 48.5 Å². The van der Waals surface area contributed by atoms with Gasteiger partial charge in [0.15, 0.2) is 0 Å². The predicted octanol–water partition coefficient (Wildman–Crippen LogP) is 3.84. The number of anilines is 1. The molecule has 0 aliphatic carbocycles. The van der Waals surface area contributed by atoms with Crippen LogP contribution in [0.5, 0.6) is 0 Å². The Morgan fingerprint density at radius 3 is 2.50 bits per heavy atom. The molecule has 0 unspecified atom stereocenters. The van der Waals surface area contributed by atoms with Gasteiger partial charge in [-0.15, -0.1) is 0 Å². The van der Waals surface area contributed by atoms with Crippen LogP contribution in [0, 0.1) is 5.82 Å². The number of carbonyl (C=O) groups excluding carboxylic acids is 1. The third-order valence-electron chi connectivity index (χ3n) is 2.74. The molecule has 5 heteroatoms. The number of urea groups is 1. The topological polar surface area (TPSA) is 41.1 Å². The lowest BCUT2D eigenvalue weighted by molar-refractivity contribution is 0.252. The number of halogens is 2. The van der Waals surface area contributed by atoms with Crippen molar-refractivity contribution in [1.29, 1.82) is 0 Å². The van der Waals surface area contributed by atoms with Gasteiger partial charge >= 0.3 is 6.03 Å². The maximum atomic E-state index is 13.4. The van der Waals surface area contributed by atoms with E-state index in [0.717, 1.165) is 0 Å². The summed E-state index contributed by atoms with van der Waals surface area (Å²) in [6.45, 7) is 0.361. The summed E-state index contributed by atoms with van der Waals surface area (Å²) in [7, 11) is 0.